The molecule has 1 N–H and O–H groups in total. The van der Waals surface area contributed by atoms with Gasteiger partial charge in [-0.25, -0.2) is 4.98 Å². The Balaban J connectivity index is 1.20. The molecule has 1 heterocycles. The zero-order valence-corrected chi connectivity index (χ0v) is 25.0. The van der Waals surface area contributed by atoms with E-state index in [1.54, 1.807) is 7.11 Å². The van der Waals surface area contributed by atoms with E-state index in [1.807, 2.05) is 32.0 Å². The minimum atomic E-state index is -0.422. The number of fused-ring (bicyclic) bond motifs is 3. The fraction of sp³-hybridized carbons (Fsp3) is 0.529. The molecule has 1 saturated carbocycles. The van der Waals surface area contributed by atoms with Crippen LogP contribution in [0.3, 0.4) is 0 Å². The minimum absolute atomic E-state index is 0.0784. The summed E-state index contributed by atoms with van der Waals surface area (Å²) in [5, 5.41) is 0. The summed E-state index contributed by atoms with van der Waals surface area (Å²) in [5.74, 6) is 2.25. The van der Waals surface area contributed by atoms with Crippen LogP contribution in [-0.2, 0) is 20.7 Å². The number of nitrogens with one attached hydrogen (secondary N) is 1. The van der Waals surface area contributed by atoms with Gasteiger partial charge in [0.05, 0.1) is 18.0 Å². The number of allylic oxidation sites excluding steroid dienone is 1. The first-order chi connectivity index (χ1) is 19.9. The zero-order chi connectivity index (χ0) is 28.8. The van der Waals surface area contributed by atoms with Crippen LogP contribution in [0.1, 0.15) is 57.3 Å². The lowest BCUT2D eigenvalue weighted by Gasteiger charge is -2.50. The third-order valence-corrected chi connectivity index (χ3v) is 8.74. The number of benzene rings is 2. The summed E-state index contributed by atoms with van der Waals surface area (Å²) >= 11 is 0. The van der Waals surface area contributed by atoms with Gasteiger partial charge in [-0.05, 0) is 68.5 Å². The standard InChI is InChI=1S/C34H45N3O4/c1-24(2)33(38)41-34(23-26-15-16-27(34)22-28(26)25-10-6-5-7-11-25)17-19-37(3)18-9-14-31-35-29-12-8-13-30(32(29)36-31)40-21-20-39-4/h5-8,10-13,22,24,26-27H,9,14-21,23H2,1-4H3,(H,35,36)/t26-,27-,34+/m0/s1. The Morgan fingerprint density at radius 1 is 1.10 bits per heavy atom. The summed E-state index contributed by atoms with van der Waals surface area (Å²) in [4.78, 5) is 23.6. The molecule has 3 aliphatic carbocycles. The first-order valence-electron chi connectivity index (χ1n) is 15.2. The Kier molecular flexibility index (Phi) is 9.46. The Hall–Kier alpha value is -3.16. The molecule has 2 aromatic carbocycles. The van der Waals surface area contributed by atoms with Gasteiger partial charge in [-0.3, -0.25) is 4.79 Å². The van der Waals surface area contributed by atoms with Crippen LogP contribution >= 0.6 is 0 Å². The molecule has 7 heteroatoms. The highest BCUT2D eigenvalue weighted by atomic mass is 16.6. The van der Waals surface area contributed by atoms with E-state index in [2.05, 4.69) is 53.3 Å². The molecule has 220 valence electrons. The van der Waals surface area contributed by atoms with Gasteiger partial charge in [0.25, 0.3) is 0 Å². The lowest BCUT2D eigenvalue weighted by atomic mass is 9.60. The van der Waals surface area contributed by atoms with E-state index < -0.39 is 5.60 Å². The number of carbonyl (C=O) groups excluding carboxylic acids is 1. The van der Waals surface area contributed by atoms with E-state index in [9.17, 15) is 4.79 Å². The van der Waals surface area contributed by atoms with E-state index in [0.29, 0.717) is 19.1 Å². The average molecular weight is 560 g/mol. The smallest absolute Gasteiger partial charge is 0.308 e. The van der Waals surface area contributed by atoms with Gasteiger partial charge in [0.15, 0.2) is 0 Å². The fourth-order valence-corrected chi connectivity index (χ4v) is 6.44. The number of hydrogen-bond acceptors (Lipinski definition) is 6. The molecule has 6 rings (SSSR count). The summed E-state index contributed by atoms with van der Waals surface area (Å²) < 4.78 is 17.4. The van der Waals surface area contributed by atoms with Crippen molar-refractivity contribution in [3.8, 4) is 5.75 Å². The van der Waals surface area contributed by atoms with Crippen LogP contribution in [0.25, 0.3) is 16.6 Å². The van der Waals surface area contributed by atoms with Crippen molar-refractivity contribution in [2.75, 3.05) is 40.5 Å². The SMILES string of the molecule is COCCOc1cccc2[nH]c(CCCN(C)CC[C@@]3(OC(=O)C(C)C)C[C@@H]4CC[C@H]3C=C4c3ccccc3)nc12. The van der Waals surface area contributed by atoms with Crippen molar-refractivity contribution in [3.63, 3.8) is 0 Å². The molecule has 7 nitrogen and oxygen atoms in total. The van der Waals surface area contributed by atoms with Crippen molar-refractivity contribution in [3.05, 3.63) is 66.0 Å². The number of para-hydroxylation sites is 1. The maximum atomic E-state index is 12.9. The second-order valence-electron chi connectivity index (χ2n) is 12.0. The topological polar surface area (TPSA) is 76.7 Å². The van der Waals surface area contributed by atoms with Crippen molar-refractivity contribution in [1.29, 1.82) is 0 Å². The van der Waals surface area contributed by atoms with E-state index >= 15 is 0 Å². The number of rotatable bonds is 14. The summed E-state index contributed by atoms with van der Waals surface area (Å²) in [6.07, 6.45) is 8.29. The van der Waals surface area contributed by atoms with Crippen LogP contribution in [0.5, 0.6) is 5.75 Å². The van der Waals surface area contributed by atoms with E-state index in [0.717, 1.165) is 67.8 Å². The monoisotopic (exact) mass is 559 g/mol. The quantitative estimate of drug-likeness (QED) is 0.185. The first-order valence-corrected chi connectivity index (χ1v) is 15.2. The summed E-state index contributed by atoms with van der Waals surface area (Å²) in [6, 6.07) is 16.7. The Bertz CT molecular complexity index is 1330. The third-order valence-electron chi connectivity index (χ3n) is 8.74. The highest BCUT2D eigenvalue weighted by Gasteiger charge is 2.50. The number of esters is 1. The predicted molar refractivity (Wildman–Crippen MR) is 163 cm³/mol. The van der Waals surface area contributed by atoms with Crippen LogP contribution in [0.4, 0.5) is 0 Å². The molecular formula is C34H45N3O4. The zero-order valence-electron chi connectivity index (χ0n) is 25.0. The molecule has 0 unspecified atom stereocenters. The maximum absolute atomic E-state index is 12.9. The number of methoxy groups -OCH3 is 1. The highest BCUT2D eigenvalue weighted by Crippen LogP contribution is 2.53. The van der Waals surface area contributed by atoms with Crippen molar-refractivity contribution in [1.82, 2.24) is 14.9 Å². The Morgan fingerprint density at radius 3 is 2.66 bits per heavy atom. The Morgan fingerprint density at radius 2 is 1.93 bits per heavy atom. The van der Waals surface area contributed by atoms with Crippen molar-refractivity contribution in [2.45, 2.75) is 58.0 Å². The van der Waals surface area contributed by atoms with E-state index in [-0.39, 0.29) is 17.8 Å². The van der Waals surface area contributed by atoms with Crippen LogP contribution in [-0.4, -0.2) is 66.9 Å². The van der Waals surface area contributed by atoms with Gasteiger partial charge in [-0.1, -0.05) is 56.3 Å². The van der Waals surface area contributed by atoms with Gasteiger partial charge in [0.1, 0.15) is 29.3 Å². The second kappa shape index (κ2) is 13.2. The molecule has 1 fully saturated rings. The lowest BCUT2D eigenvalue weighted by molar-refractivity contribution is -0.176. The summed E-state index contributed by atoms with van der Waals surface area (Å²) in [7, 11) is 3.84. The first kappa shape index (κ1) is 29.3. The van der Waals surface area contributed by atoms with Crippen molar-refractivity contribution >= 4 is 22.6 Å². The molecule has 1 aromatic heterocycles. The van der Waals surface area contributed by atoms with Crippen LogP contribution in [0.2, 0.25) is 0 Å². The number of H-pyrrole nitrogens is 1. The molecule has 41 heavy (non-hydrogen) atoms. The van der Waals surface area contributed by atoms with Gasteiger partial charge in [0.2, 0.25) is 0 Å². The van der Waals surface area contributed by atoms with Crippen LogP contribution < -0.4 is 4.74 Å². The van der Waals surface area contributed by atoms with Gasteiger partial charge >= 0.3 is 5.97 Å². The number of aromatic amines is 1. The highest BCUT2D eigenvalue weighted by molar-refractivity contribution is 5.81. The molecule has 0 aliphatic heterocycles. The third kappa shape index (κ3) is 6.84. The molecule has 3 atom stereocenters. The molecule has 3 aromatic rings. The number of aromatic nitrogens is 2. The average Bonchev–Trinajstić information content (AvgIpc) is 3.41. The second-order valence-corrected chi connectivity index (χ2v) is 12.0. The van der Waals surface area contributed by atoms with Crippen molar-refractivity contribution < 1.29 is 19.0 Å². The number of aryl methyl sites for hydroxylation is 1. The van der Waals surface area contributed by atoms with Gasteiger partial charge in [-0.2, -0.15) is 0 Å². The van der Waals surface area contributed by atoms with Gasteiger partial charge in [-0.15, -0.1) is 0 Å². The summed E-state index contributed by atoms with van der Waals surface area (Å²) in [6.45, 7) is 6.75. The molecule has 0 amide bonds. The molecule has 3 aliphatic rings. The van der Waals surface area contributed by atoms with Gasteiger partial charge < -0.3 is 24.1 Å². The predicted octanol–water partition coefficient (Wildman–Crippen LogP) is 6.29. The molecule has 2 bridgehead atoms. The number of nitrogens with zero attached hydrogens (tertiary/aromatic N) is 2. The normalized spacial score (nSPS) is 22.0. The number of imidazole rings is 1. The minimum Gasteiger partial charge on any atom is -0.489 e. The fourth-order valence-electron chi connectivity index (χ4n) is 6.44. The molecule has 0 radical (unpaired) electrons. The van der Waals surface area contributed by atoms with Crippen LogP contribution in [0.15, 0.2) is 54.6 Å². The maximum Gasteiger partial charge on any atom is 0.308 e. The number of ether oxygens (including phenoxy) is 3. The van der Waals surface area contributed by atoms with Gasteiger partial charge in [0, 0.05) is 32.4 Å². The number of hydrogen-bond donors (Lipinski definition) is 1. The summed E-state index contributed by atoms with van der Waals surface area (Å²) in [5.41, 5.74) is 4.19. The van der Waals surface area contributed by atoms with Crippen molar-refractivity contribution in [2.24, 2.45) is 17.8 Å². The lowest BCUT2D eigenvalue weighted by Crippen LogP contribution is -2.51. The van der Waals surface area contributed by atoms with E-state index in [4.69, 9.17) is 19.2 Å². The largest absolute Gasteiger partial charge is 0.489 e. The number of carbonyl (C=O) groups is 1. The molecular weight excluding hydrogens is 514 g/mol. The molecule has 0 spiro atoms. The molecule has 0 saturated heterocycles. The Labute approximate surface area is 244 Å². The van der Waals surface area contributed by atoms with Crippen LogP contribution in [0, 0.1) is 17.8 Å². The van der Waals surface area contributed by atoms with E-state index in [1.165, 1.54) is 17.6 Å².